The van der Waals surface area contributed by atoms with E-state index in [2.05, 4.69) is 11.9 Å². The number of hydrogen-bond donors (Lipinski definition) is 1. The summed E-state index contributed by atoms with van der Waals surface area (Å²) in [5, 5.41) is 0. The van der Waals surface area contributed by atoms with Crippen molar-refractivity contribution in [2.75, 3.05) is 18.5 Å². The number of halogens is 1. The van der Waals surface area contributed by atoms with Gasteiger partial charge in [0.15, 0.2) is 0 Å². The Hall–Kier alpha value is -1.09. The molecule has 110 valence electrons. The van der Waals surface area contributed by atoms with Crippen molar-refractivity contribution in [3.8, 4) is 0 Å². The Bertz CT molecular complexity index is 486. The van der Waals surface area contributed by atoms with Gasteiger partial charge in [0.05, 0.1) is 0 Å². The lowest BCUT2D eigenvalue weighted by Crippen LogP contribution is -2.30. The summed E-state index contributed by atoms with van der Waals surface area (Å²) < 4.78 is 14.0. The van der Waals surface area contributed by atoms with Crippen molar-refractivity contribution in [3.05, 3.63) is 29.6 Å². The number of nitrogens with zero attached hydrogens (tertiary/aromatic N) is 1. The summed E-state index contributed by atoms with van der Waals surface area (Å²) in [6, 6.07) is 5.02. The standard InChI is InChI=1S/C17H25FN2/c1-11(19)17-15(18)4-3-5-16(17)20(2)10-14-9-12-6-7-13(14)8-12/h3-5,11-14H,6-10,19H2,1-2H3/t11-,12?,13?,14?/m0/s1. The van der Waals surface area contributed by atoms with E-state index in [0.717, 1.165) is 30.0 Å². The van der Waals surface area contributed by atoms with Crippen LogP contribution in [0.15, 0.2) is 18.2 Å². The Morgan fingerprint density at radius 3 is 2.75 bits per heavy atom. The van der Waals surface area contributed by atoms with Crippen molar-refractivity contribution in [2.45, 2.75) is 38.6 Å². The second-order valence-electron chi connectivity index (χ2n) is 6.78. The Balaban J connectivity index is 1.77. The van der Waals surface area contributed by atoms with Gasteiger partial charge in [-0.3, -0.25) is 0 Å². The van der Waals surface area contributed by atoms with E-state index in [1.807, 2.05) is 13.0 Å². The van der Waals surface area contributed by atoms with Crippen molar-refractivity contribution in [1.82, 2.24) is 0 Å². The maximum absolute atomic E-state index is 14.0. The Morgan fingerprint density at radius 2 is 2.15 bits per heavy atom. The van der Waals surface area contributed by atoms with Crippen molar-refractivity contribution in [1.29, 1.82) is 0 Å². The van der Waals surface area contributed by atoms with E-state index in [9.17, 15) is 4.39 Å². The van der Waals surface area contributed by atoms with Crippen LogP contribution in [0.1, 0.15) is 44.2 Å². The van der Waals surface area contributed by atoms with Crippen LogP contribution in [0.2, 0.25) is 0 Å². The van der Waals surface area contributed by atoms with Gasteiger partial charge in [0.2, 0.25) is 0 Å². The number of rotatable bonds is 4. The highest BCUT2D eigenvalue weighted by Crippen LogP contribution is 2.48. The molecule has 4 atom stereocenters. The zero-order valence-electron chi connectivity index (χ0n) is 12.5. The number of nitrogens with two attached hydrogens (primary N) is 1. The minimum Gasteiger partial charge on any atom is -0.374 e. The molecule has 1 aromatic carbocycles. The molecule has 2 aliphatic carbocycles. The molecule has 0 spiro atoms. The Morgan fingerprint density at radius 1 is 1.35 bits per heavy atom. The molecular formula is C17H25FN2. The third-order valence-electron chi connectivity index (χ3n) is 5.29. The van der Waals surface area contributed by atoms with Crippen LogP contribution in [0.25, 0.3) is 0 Å². The molecule has 2 saturated carbocycles. The summed E-state index contributed by atoms with van der Waals surface area (Å²) in [5.74, 6) is 2.45. The molecule has 2 aliphatic rings. The zero-order valence-corrected chi connectivity index (χ0v) is 12.5. The molecule has 20 heavy (non-hydrogen) atoms. The lowest BCUT2D eigenvalue weighted by Gasteiger charge is -2.30. The molecule has 0 amide bonds. The van der Waals surface area contributed by atoms with Crippen LogP contribution in [0.4, 0.5) is 10.1 Å². The molecule has 3 rings (SSSR count). The molecule has 0 aliphatic heterocycles. The molecule has 2 N–H and O–H groups in total. The molecule has 0 saturated heterocycles. The fourth-order valence-corrected chi connectivity index (χ4v) is 4.36. The average molecular weight is 276 g/mol. The van der Waals surface area contributed by atoms with Crippen molar-refractivity contribution < 1.29 is 4.39 Å². The van der Waals surface area contributed by atoms with Crippen molar-refractivity contribution >= 4 is 5.69 Å². The van der Waals surface area contributed by atoms with E-state index < -0.39 is 0 Å². The number of anilines is 1. The van der Waals surface area contributed by atoms with Gasteiger partial charge in [-0.15, -0.1) is 0 Å². The maximum atomic E-state index is 14.0. The van der Waals surface area contributed by atoms with Crippen molar-refractivity contribution in [2.24, 2.45) is 23.5 Å². The van der Waals surface area contributed by atoms with Gasteiger partial charge in [-0.05, 0) is 56.1 Å². The third-order valence-corrected chi connectivity index (χ3v) is 5.29. The molecule has 2 nitrogen and oxygen atoms in total. The summed E-state index contributed by atoms with van der Waals surface area (Å²) in [7, 11) is 2.08. The highest BCUT2D eigenvalue weighted by molar-refractivity contribution is 5.55. The van der Waals surface area contributed by atoms with E-state index in [1.165, 1.54) is 31.7 Å². The summed E-state index contributed by atoms with van der Waals surface area (Å²) in [6.07, 6.45) is 5.60. The van der Waals surface area contributed by atoms with Crippen LogP contribution in [-0.2, 0) is 0 Å². The van der Waals surface area contributed by atoms with Crippen LogP contribution in [0, 0.1) is 23.6 Å². The predicted octanol–water partition coefficient (Wildman–Crippen LogP) is 3.72. The first-order valence-corrected chi connectivity index (χ1v) is 7.81. The van der Waals surface area contributed by atoms with Gasteiger partial charge >= 0.3 is 0 Å². The molecule has 3 heteroatoms. The monoisotopic (exact) mass is 276 g/mol. The molecule has 3 unspecified atom stereocenters. The SMILES string of the molecule is C[C@H](N)c1c(F)cccc1N(C)CC1CC2CCC1C2. The quantitative estimate of drug-likeness (QED) is 0.908. The topological polar surface area (TPSA) is 29.3 Å². The molecule has 2 bridgehead atoms. The van der Waals surface area contributed by atoms with Gasteiger partial charge in [0, 0.05) is 30.9 Å². The van der Waals surface area contributed by atoms with E-state index in [-0.39, 0.29) is 11.9 Å². The van der Waals surface area contributed by atoms with E-state index in [0.29, 0.717) is 5.56 Å². The van der Waals surface area contributed by atoms with Crippen LogP contribution < -0.4 is 10.6 Å². The first-order chi connectivity index (χ1) is 9.56. The fraction of sp³-hybridized carbons (Fsp3) is 0.647. The van der Waals surface area contributed by atoms with Crippen molar-refractivity contribution in [3.63, 3.8) is 0 Å². The molecule has 1 aromatic rings. The molecule has 0 heterocycles. The fourth-order valence-electron chi connectivity index (χ4n) is 4.36. The van der Waals surface area contributed by atoms with E-state index in [4.69, 9.17) is 5.73 Å². The number of fused-ring (bicyclic) bond motifs is 2. The second kappa shape index (κ2) is 5.36. The van der Waals surface area contributed by atoms with E-state index in [1.54, 1.807) is 6.07 Å². The lowest BCUT2D eigenvalue weighted by molar-refractivity contribution is 0.337. The highest BCUT2D eigenvalue weighted by atomic mass is 19.1. The molecule has 0 aromatic heterocycles. The van der Waals surface area contributed by atoms with Gasteiger partial charge < -0.3 is 10.6 Å². The van der Waals surface area contributed by atoms with Crippen LogP contribution in [0.5, 0.6) is 0 Å². The maximum Gasteiger partial charge on any atom is 0.130 e. The largest absolute Gasteiger partial charge is 0.374 e. The summed E-state index contributed by atoms with van der Waals surface area (Å²) in [6.45, 7) is 2.89. The molecular weight excluding hydrogens is 251 g/mol. The van der Waals surface area contributed by atoms with Crippen LogP contribution in [0.3, 0.4) is 0 Å². The minimum absolute atomic E-state index is 0.183. The Labute approximate surface area is 121 Å². The second-order valence-corrected chi connectivity index (χ2v) is 6.78. The van der Waals surface area contributed by atoms with Gasteiger partial charge in [0.1, 0.15) is 5.82 Å². The zero-order chi connectivity index (χ0) is 14.3. The smallest absolute Gasteiger partial charge is 0.130 e. The summed E-state index contributed by atoms with van der Waals surface area (Å²) in [4.78, 5) is 2.22. The first-order valence-electron chi connectivity index (χ1n) is 7.81. The van der Waals surface area contributed by atoms with Gasteiger partial charge in [-0.25, -0.2) is 4.39 Å². The summed E-state index contributed by atoms with van der Waals surface area (Å²) >= 11 is 0. The lowest BCUT2D eigenvalue weighted by atomic mass is 9.88. The normalized spacial score (nSPS) is 29.7. The molecule has 0 radical (unpaired) electrons. The van der Waals surface area contributed by atoms with E-state index >= 15 is 0 Å². The van der Waals surface area contributed by atoms with Gasteiger partial charge in [0.25, 0.3) is 0 Å². The third kappa shape index (κ3) is 2.44. The average Bonchev–Trinajstić information content (AvgIpc) is 3.00. The van der Waals surface area contributed by atoms with Gasteiger partial charge in [-0.1, -0.05) is 12.5 Å². The first kappa shape index (κ1) is 13.9. The summed E-state index contributed by atoms with van der Waals surface area (Å²) in [5.41, 5.74) is 7.57. The molecule has 2 fully saturated rings. The number of hydrogen-bond acceptors (Lipinski definition) is 2. The minimum atomic E-state index is -0.270. The number of benzene rings is 1. The van der Waals surface area contributed by atoms with Gasteiger partial charge in [-0.2, -0.15) is 0 Å². The van der Waals surface area contributed by atoms with Crippen LogP contribution >= 0.6 is 0 Å². The predicted molar refractivity (Wildman–Crippen MR) is 81.2 cm³/mol. The van der Waals surface area contributed by atoms with Crippen LogP contribution in [-0.4, -0.2) is 13.6 Å². The highest BCUT2D eigenvalue weighted by Gasteiger charge is 2.39. The Kier molecular flexibility index (Phi) is 3.72.